The van der Waals surface area contributed by atoms with Crippen molar-refractivity contribution in [1.82, 2.24) is 8.75 Å². The second-order valence-corrected chi connectivity index (χ2v) is 6.00. The highest BCUT2D eigenvalue weighted by Crippen LogP contribution is 2.36. The number of hydrogen-bond acceptors (Lipinski definition) is 4. The van der Waals surface area contributed by atoms with Gasteiger partial charge in [0.1, 0.15) is 11.0 Å². The van der Waals surface area contributed by atoms with Crippen molar-refractivity contribution in [2.75, 3.05) is 5.32 Å². The second kappa shape index (κ2) is 5.19. The molecule has 1 aromatic carbocycles. The van der Waals surface area contributed by atoms with E-state index in [2.05, 4.69) is 14.1 Å². The Morgan fingerprint density at radius 2 is 1.78 bits per heavy atom. The Kier molecular flexibility index (Phi) is 3.59. The molecule has 96 valence electrons. The summed E-state index contributed by atoms with van der Waals surface area (Å²) in [5, 5.41) is 4.72. The molecule has 1 fully saturated rings. The SMILES string of the molecule is Clc1cc(Cl)c2nsnc2c1NC1CCCCC1. The molecule has 0 aliphatic heterocycles. The van der Waals surface area contributed by atoms with Gasteiger partial charge in [-0.25, -0.2) is 0 Å². The van der Waals surface area contributed by atoms with Crippen LogP contribution in [-0.2, 0) is 0 Å². The molecule has 0 bridgehead atoms. The van der Waals surface area contributed by atoms with Gasteiger partial charge < -0.3 is 5.32 Å². The van der Waals surface area contributed by atoms with Crippen LogP contribution in [0, 0.1) is 0 Å². The number of anilines is 1. The van der Waals surface area contributed by atoms with Crippen molar-refractivity contribution < 1.29 is 0 Å². The van der Waals surface area contributed by atoms with E-state index in [9.17, 15) is 0 Å². The zero-order chi connectivity index (χ0) is 12.5. The van der Waals surface area contributed by atoms with Gasteiger partial charge in [0.25, 0.3) is 0 Å². The van der Waals surface area contributed by atoms with E-state index in [1.165, 1.54) is 43.8 Å². The first kappa shape index (κ1) is 12.5. The van der Waals surface area contributed by atoms with Crippen molar-refractivity contribution in [3.8, 4) is 0 Å². The first-order valence-corrected chi connectivity index (χ1v) is 7.61. The highest BCUT2D eigenvalue weighted by molar-refractivity contribution is 7.00. The van der Waals surface area contributed by atoms with Crippen molar-refractivity contribution >= 4 is 51.7 Å². The molecule has 2 aromatic rings. The molecular formula is C12H13Cl2N3S. The van der Waals surface area contributed by atoms with Gasteiger partial charge in [-0.1, -0.05) is 42.5 Å². The zero-order valence-electron chi connectivity index (χ0n) is 9.75. The van der Waals surface area contributed by atoms with Crippen molar-refractivity contribution in [3.05, 3.63) is 16.1 Å². The summed E-state index contributed by atoms with van der Waals surface area (Å²) in [4.78, 5) is 0. The summed E-state index contributed by atoms with van der Waals surface area (Å²) >= 11 is 13.6. The molecule has 1 saturated carbocycles. The minimum atomic E-state index is 0.488. The fourth-order valence-electron chi connectivity index (χ4n) is 2.46. The van der Waals surface area contributed by atoms with Crippen LogP contribution in [0.3, 0.4) is 0 Å². The van der Waals surface area contributed by atoms with Crippen molar-refractivity contribution in [3.63, 3.8) is 0 Å². The van der Waals surface area contributed by atoms with Crippen molar-refractivity contribution in [2.45, 2.75) is 38.1 Å². The number of fused-ring (bicyclic) bond motifs is 1. The van der Waals surface area contributed by atoms with Crippen LogP contribution >= 0.6 is 34.9 Å². The molecule has 0 radical (unpaired) electrons. The van der Waals surface area contributed by atoms with E-state index in [-0.39, 0.29) is 0 Å². The molecular weight excluding hydrogens is 289 g/mol. The van der Waals surface area contributed by atoms with E-state index in [0.29, 0.717) is 16.1 Å². The normalized spacial score (nSPS) is 17.2. The van der Waals surface area contributed by atoms with Crippen LogP contribution in [0.15, 0.2) is 6.07 Å². The highest BCUT2D eigenvalue weighted by atomic mass is 35.5. The number of rotatable bonds is 2. The third-order valence-corrected chi connectivity index (χ3v) is 4.51. The monoisotopic (exact) mass is 301 g/mol. The predicted octanol–water partition coefficient (Wildman–Crippen LogP) is 4.74. The van der Waals surface area contributed by atoms with Gasteiger partial charge in [0, 0.05) is 6.04 Å². The summed E-state index contributed by atoms with van der Waals surface area (Å²) in [5.74, 6) is 0. The molecule has 1 heterocycles. The van der Waals surface area contributed by atoms with Gasteiger partial charge in [-0.3, -0.25) is 0 Å². The summed E-state index contributed by atoms with van der Waals surface area (Å²) < 4.78 is 8.52. The van der Waals surface area contributed by atoms with E-state index < -0.39 is 0 Å². The maximum Gasteiger partial charge on any atom is 0.130 e. The van der Waals surface area contributed by atoms with Crippen LogP contribution in [0.2, 0.25) is 10.0 Å². The lowest BCUT2D eigenvalue weighted by Crippen LogP contribution is -2.22. The van der Waals surface area contributed by atoms with E-state index in [1.54, 1.807) is 6.07 Å². The molecule has 0 amide bonds. The smallest absolute Gasteiger partial charge is 0.130 e. The van der Waals surface area contributed by atoms with Gasteiger partial charge in [-0.2, -0.15) is 8.75 Å². The molecule has 18 heavy (non-hydrogen) atoms. The number of halogens is 2. The summed E-state index contributed by atoms with van der Waals surface area (Å²) in [6.45, 7) is 0. The second-order valence-electron chi connectivity index (χ2n) is 4.66. The molecule has 1 aliphatic rings. The van der Waals surface area contributed by atoms with Gasteiger partial charge in [0.15, 0.2) is 0 Å². The molecule has 0 unspecified atom stereocenters. The number of aromatic nitrogens is 2. The lowest BCUT2D eigenvalue weighted by molar-refractivity contribution is 0.463. The molecule has 0 spiro atoms. The Morgan fingerprint density at radius 1 is 1.06 bits per heavy atom. The van der Waals surface area contributed by atoms with Crippen LogP contribution in [0.25, 0.3) is 11.0 Å². The van der Waals surface area contributed by atoms with Crippen LogP contribution < -0.4 is 5.32 Å². The van der Waals surface area contributed by atoms with Crippen molar-refractivity contribution in [2.24, 2.45) is 0 Å². The molecule has 3 nitrogen and oxygen atoms in total. The molecule has 1 aliphatic carbocycles. The number of nitrogens with zero attached hydrogens (tertiary/aromatic N) is 2. The first-order valence-electron chi connectivity index (χ1n) is 6.12. The van der Waals surface area contributed by atoms with Gasteiger partial charge in [-0.15, -0.1) is 0 Å². The lowest BCUT2D eigenvalue weighted by atomic mass is 9.95. The predicted molar refractivity (Wildman–Crippen MR) is 77.9 cm³/mol. The van der Waals surface area contributed by atoms with Gasteiger partial charge in [0.05, 0.1) is 27.5 Å². The molecule has 1 N–H and O–H groups in total. The average Bonchev–Trinajstić information content (AvgIpc) is 2.85. The number of nitrogens with one attached hydrogen (secondary N) is 1. The Balaban J connectivity index is 1.97. The standard InChI is InChI=1S/C12H13Cl2N3S/c13-8-6-9(14)11-12(17-18-16-11)10(8)15-7-4-2-1-3-5-7/h6-7,15H,1-5H2. The summed E-state index contributed by atoms with van der Waals surface area (Å²) in [7, 11) is 0. The fourth-order valence-corrected chi connectivity index (χ4v) is 3.63. The Bertz CT molecular complexity index is 564. The van der Waals surface area contributed by atoms with Crippen molar-refractivity contribution in [1.29, 1.82) is 0 Å². The third-order valence-electron chi connectivity index (χ3n) is 3.40. The van der Waals surface area contributed by atoms with Crippen LogP contribution in [0.5, 0.6) is 0 Å². The van der Waals surface area contributed by atoms with Gasteiger partial charge in [0.2, 0.25) is 0 Å². The minimum Gasteiger partial charge on any atom is -0.379 e. The van der Waals surface area contributed by atoms with E-state index in [1.807, 2.05) is 0 Å². The minimum absolute atomic E-state index is 0.488. The molecule has 0 atom stereocenters. The molecule has 3 rings (SSSR count). The number of hydrogen-bond donors (Lipinski definition) is 1. The van der Waals surface area contributed by atoms with Crippen LogP contribution in [0.4, 0.5) is 5.69 Å². The van der Waals surface area contributed by atoms with Crippen LogP contribution in [-0.4, -0.2) is 14.8 Å². The zero-order valence-corrected chi connectivity index (χ0v) is 12.1. The Morgan fingerprint density at radius 3 is 2.56 bits per heavy atom. The summed E-state index contributed by atoms with van der Waals surface area (Å²) in [6.07, 6.45) is 6.28. The first-order chi connectivity index (χ1) is 8.75. The number of benzene rings is 1. The Labute approximate surface area is 120 Å². The van der Waals surface area contributed by atoms with E-state index >= 15 is 0 Å². The summed E-state index contributed by atoms with van der Waals surface area (Å²) in [6, 6.07) is 2.24. The lowest BCUT2D eigenvalue weighted by Gasteiger charge is -2.24. The average molecular weight is 302 g/mol. The fraction of sp³-hybridized carbons (Fsp3) is 0.500. The largest absolute Gasteiger partial charge is 0.379 e. The van der Waals surface area contributed by atoms with Gasteiger partial charge in [-0.05, 0) is 18.9 Å². The third kappa shape index (κ3) is 2.29. The summed E-state index contributed by atoms with van der Waals surface area (Å²) in [5.41, 5.74) is 2.42. The van der Waals surface area contributed by atoms with Gasteiger partial charge >= 0.3 is 0 Å². The topological polar surface area (TPSA) is 37.8 Å². The van der Waals surface area contributed by atoms with Crippen LogP contribution in [0.1, 0.15) is 32.1 Å². The molecule has 6 heteroatoms. The Hall–Kier alpha value is -0.580. The molecule has 0 saturated heterocycles. The maximum absolute atomic E-state index is 6.27. The maximum atomic E-state index is 6.27. The highest BCUT2D eigenvalue weighted by Gasteiger charge is 2.18. The molecule has 1 aromatic heterocycles. The van der Waals surface area contributed by atoms with E-state index in [0.717, 1.165) is 16.7 Å². The quantitative estimate of drug-likeness (QED) is 0.870. The van der Waals surface area contributed by atoms with E-state index in [4.69, 9.17) is 23.2 Å².